The SMILES string of the molecule is CC1(C)C(=O)N[C@@H](c2ccccc2N)c2ccccc21. The van der Waals surface area contributed by atoms with Gasteiger partial charge in [-0.05, 0) is 31.0 Å². The van der Waals surface area contributed by atoms with Gasteiger partial charge < -0.3 is 11.1 Å². The third-order valence-electron chi connectivity index (χ3n) is 4.10. The van der Waals surface area contributed by atoms with E-state index in [0.29, 0.717) is 5.69 Å². The Bertz CT molecular complexity index is 676. The number of fused-ring (bicyclic) bond motifs is 1. The Morgan fingerprint density at radius 2 is 1.60 bits per heavy atom. The highest BCUT2D eigenvalue weighted by Gasteiger charge is 2.39. The molecule has 0 aromatic heterocycles. The van der Waals surface area contributed by atoms with E-state index >= 15 is 0 Å². The van der Waals surface area contributed by atoms with Crippen LogP contribution < -0.4 is 11.1 Å². The number of carbonyl (C=O) groups is 1. The maximum atomic E-state index is 12.4. The number of anilines is 1. The summed E-state index contributed by atoms with van der Waals surface area (Å²) in [6.45, 7) is 3.90. The van der Waals surface area contributed by atoms with Crippen molar-refractivity contribution >= 4 is 11.6 Å². The Kier molecular flexibility index (Phi) is 2.78. The van der Waals surface area contributed by atoms with Gasteiger partial charge in [-0.15, -0.1) is 0 Å². The van der Waals surface area contributed by atoms with Gasteiger partial charge in [0.1, 0.15) is 0 Å². The predicted octanol–water partition coefficient (Wildman–Crippen LogP) is 2.77. The van der Waals surface area contributed by atoms with Gasteiger partial charge in [-0.2, -0.15) is 0 Å². The van der Waals surface area contributed by atoms with Crippen LogP contribution in [-0.2, 0) is 10.2 Å². The van der Waals surface area contributed by atoms with E-state index in [-0.39, 0.29) is 11.9 Å². The average Bonchev–Trinajstić information content (AvgIpc) is 2.44. The van der Waals surface area contributed by atoms with Crippen molar-refractivity contribution in [1.29, 1.82) is 0 Å². The van der Waals surface area contributed by atoms with Crippen molar-refractivity contribution in [2.75, 3.05) is 5.73 Å². The van der Waals surface area contributed by atoms with Crippen molar-refractivity contribution in [2.45, 2.75) is 25.3 Å². The number of nitrogen functional groups attached to an aromatic ring is 1. The molecule has 102 valence electrons. The molecule has 3 nitrogen and oxygen atoms in total. The second-order valence-electron chi connectivity index (χ2n) is 5.75. The molecule has 0 spiro atoms. The van der Waals surface area contributed by atoms with Gasteiger partial charge >= 0.3 is 0 Å². The molecule has 3 N–H and O–H groups in total. The van der Waals surface area contributed by atoms with Crippen LogP contribution in [-0.4, -0.2) is 5.91 Å². The molecule has 0 saturated carbocycles. The molecule has 1 aliphatic heterocycles. The fourth-order valence-corrected chi connectivity index (χ4v) is 2.85. The van der Waals surface area contributed by atoms with E-state index < -0.39 is 5.41 Å². The predicted molar refractivity (Wildman–Crippen MR) is 80.3 cm³/mol. The van der Waals surface area contributed by atoms with Gasteiger partial charge in [0.15, 0.2) is 0 Å². The van der Waals surface area contributed by atoms with E-state index in [1.807, 2.05) is 56.3 Å². The zero-order chi connectivity index (χ0) is 14.3. The minimum Gasteiger partial charge on any atom is -0.398 e. The number of rotatable bonds is 1. The van der Waals surface area contributed by atoms with Crippen LogP contribution >= 0.6 is 0 Å². The minimum absolute atomic E-state index is 0.0319. The van der Waals surface area contributed by atoms with Crippen LogP contribution in [0, 0.1) is 0 Å². The topological polar surface area (TPSA) is 55.1 Å². The van der Waals surface area contributed by atoms with E-state index in [1.54, 1.807) is 0 Å². The van der Waals surface area contributed by atoms with Crippen molar-refractivity contribution < 1.29 is 4.79 Å². The number of amides is 1. The quantitative estimate of drug-likeness (QED) is 0.780. The molecule has 3 heteroatoms. The number of nitrogens with one attached hydrogen (secondary N) is 1. The highest BCUT2D eigenvalue weighted by molar-refractivity contribution is 5.90. The van der Waals surface area contributed by atoms with Crippen molar-refractivity contribution in [3.05, 3.63) is 65.2 Å². The molecular formula is C17H18N2O. The zero-order valence-corrected chi connectivity index (χ0v) is 11.7. The molecule has 0 saturated heterocycles. The Balaban J connectivity index is 2.20. The van der Waals surface area contributed by atoms with Crippen LogP contribution in [0.4, 0.5) is 5.69 Å². The second-order valence-corrected chi connectivity index (χ2v) is 5.75. The molecule has 20 heavy (non-hydrogen) atoms. The molecule has 1 aliphatic rings. The number of hydrogen-bond donors (Lipinski definition) is 2. The summed E-state index contributed by atoms with van der Waals surface area (Å²) in [5, 5.41) is 3.10. The molecule has 2 aromatic rings. The molecule has 0 unspecified atom stereocenters. The fraction of sp³-hybridized carbons (Fsp3) is 0.235. The molecule has 2 aromatic carbocycles. The second kappa shape index (κ2) is 4.37. The smallest absolute Gasteiger partial charge is 0.230 e. The van der Waals surface area contributed by atoms with E-state index in [0.717, 1.165) is 16.7 Å². The van der Waals surface area contributed by atoms with Gasteiger partial charge in [-0.25, -0.2) is 0 Å². The van der Waals surface area contributed by atoms with E-state index in [2.05, 4.69) is 11.4 Å². The molecule has 3 rings (SSSR count). The first-order valence-electron chi connectivity index (χ1n) is 6.76. The van der Waals surface area contributed by atoms with Crippen molar-refractivity contribution in [2.24, 2.45) is 0 Å². The maximum absolute atomic E-state index is 12.4. The molecule has 1 atom stereocenters. The van der Waals surface area contributed by atoms with Gasteiger partial charge in [0.25, 0.3) is 0 Å². The van der Waals surface area contributed by atoms with Gasteiger partial charge in [0.2, 0.25) is 5.91 Å². The number of nitrogens with two attached hydrogens (primary N) is 1. The van der Waals surface area contributed by atoms with E-state index in [9.17, 15) is 4.79 Å². The highest BCUT2D eigenvalue weighted by atomic mass is 16.2. The molecule has 0 aliphatic carbocycles. The molecule has 0 fully saturated rings. The number of hydrogen-bond acceptors (Lipinski definition) is 2. The lowest BCUT2D eigenvalue weighted by molar-refractivity contribution is -0.126. The van der Waals surface area contributed by atoms with Crippen LogP contribution in [0.1, 0.15) is 36.6 Å². The van der Waals surface area contributed by atoms with Crippen LogP contribution in [0.25, 0.3) is 0 Å². The number of carbonyl (C=O) groups excluding carboxylic acids is 1. The first-order valence-corrected chi connectivity index (χ1v) is 6.76. The molecule has 0 bridgehead atoms. The average molecular weight is 266 g/mol. The summed E-state index contributed by atoms with van der Waals surface area (Å²) in [6.07, 6.45) is 0. The lowest BCUT2D eigenvalue weighted by Crippen LogP contribution is -2.47. The largest absolute Gasteiger partial charge is 0.398 e. The summed E-state index contributed by atoms with van der Waals surface area (Å²) in [7, 11) is 0. The van der Waals surface area contributed by atoms with Gasteiger partial charge in [0, 0.05) is 11.3 Å². The normalized spacial score (nSPS) is 20.1. The molecular weight excluding hydrogens is 248 g/mol. The minimum atomic E-state index is -0.517. The van der Waals surface area contributed by atoms with Crippen LogP contribution in [0.5, 0.6) is 0 Å². The monoisotopic (exact) mass is 266 g/mol. The van der Waals surface area contributed by atoms with Crippen molar-refractivity contribution in [3.63, 3.8) is 0 Å². The summed E-state index contributed by atoms with van der Waals surface area (Å²) >= 11 is 0. The highest BCUT2D eigenvalue weighted by Crippen LogP contribution is 2.39. The van der Waals surface area contributed by atoms with Crippen LogP contribution in [0.2, 0.25) is 0 Å². The first-order chi connectivity index (χ1) is 9.51. The lowest BCUT2D eigenvalue weighted by atomic mass is 9.74. The summed E-state index contributed by atoms with van der Waals surface area (Å²) in [5.41, 5.74) is 9.39. The molecule has 1 amide bonds. The maximum Gasteiger partial charge on any atom is 0.230 e. The Labute approximate surface area is 118 Å². The first kappa shape index (κ1) is 12.7. The van der Waals surface area contributed by atoms with Gasteiger partial charge in [-0.1, -0.05) is 42.5 Å². The van der Waals surface area contributed by atoms with E-state index in [4.69, 9.17) is 5.73 Å². The fourth-order valence-electron chi connectivity index (χ4n) is 2.85. The van der Waals surface area contributed by atoms with Crippen molar-refractivity contribution in [1.82, 2.24) is 5.32 Å². The number of para-hydroxylation sites is 1. The van der Waals surface area contributed by atoms with Gasteiger partial charge in [0.05, 0.1) is 11.5 Å². The third kappa shape index (κ3) is 1.78. The molecule has 0 radical (unpaired) electrons. The lowest BCUT2D eigenvalue weighted by Gasteiger charge is -2.37. The van der Waals surface area contributed by atoms with E-state index in [1.165, 1.54) is 0 Å². The Morgan fingerprint density at radius 1 is 1.00 bits per heavy atom. The summed E-state index contributed by atoms with van der Waals surface area (Å²) < 4.78 is 0. The Hall–Kier alpha value is -2.29. The van der Waals surface area contributed by atoms with Crippen LogP contribution in [0.3, 0.4) is 0 Å². The number of benzene rings is 2. The third-order valence-corrected chi connectivity index (χ3v) is 4.10. The molecule has 1 heterocycles. The summed E-state index contributed by atoms with van der Waals surface area (Å²) in [5.74, 6) is 0.0319. The summed E-state index contributed by atoms with van der Waals surface area (Å²) in [4.78, 5) is 12.4. The summed E-state index contributed by atoms with van der Waals surface area (Å²) in [6, 6.07) is 15.6. The van der Waals surface area contributed by atoms with Gasteiger partial charge in [-0.3, -0.25) is 4.79 Å². The van der Waals surface area contributed by atoms with Crippen molar-refractivity contribution in [3.8, 4) is 0 Å². The Morgan fingerprint density at radius 3 is 2.30 bits per heavy atom. The zero-order valence-electron chi connectivity index (χ0n) is 11.7. The van der Waals surface area contributed by atoms with Crippen LogP contribution in [0.15, 0.2) is 48.5 Å². The standard InChI is InChI=1S/C17H18N2O/c1-17(2)13-9-5-3-7-11(13)15(19-16(17)20)12-8-4-6-10-14(12)18/h3-10,15H,18H2,1-2H3,(H,19,20)/t15-/m1/s1.